The number of furan rings is 1. The molecule has 0 fully saturated rings. The molecule has 1 atom stereocenters. The second kappa shape index (κ2) is 6.42. The van der Waals surface area contributed by atoms with Gasteiger partial charge in [-0.05, 0) is 55.9 Å². The molecule has 1 aromatic heterocycles. The number of nitrogens with zero attached hydrogens (tertiary/aromatic N) is 1. The zero-order valence-corrected chi connectivity index (χ0v) is 12.0. The van der Waals surface area contributed by atoms with Gasteiger partial charge >= 0.3 is 0 Å². The first-order valence-corrected chi connectivity index (χ1v) is 6.49. The summed E-state index contributed by atoms with van der Waals surface area (Å²) in [7, 11) is 2.14. The molecule has 0 radical (unpaired) electrons. The second-order valence-electron chi connectivity index (χ2n) is 4.39. The zero-order chi connectivity index (χ0) is 12.1. The van der Waals surface area contributed by atoms with E-state index in [9.17, 15) is 0 Å². The second-order valence-corrected chi connectivity index (χ2v) is 5.17. The first-order chi connectivity index (χ1) is 7.50. The molecule has 1 aromatic rings. The molecule has 0 bridgehead atoms. The van der Waals surface area contributed by atoms with E-state index in [0.29, 0.717) is 6.04 Å². The fourth-order valence-corrected chi connectivity index (χ4v) is 1.70. The lowest BCUT2D eigenvalue weighted by Gasteiger charge is -2.22. The van der Waals surface area contributed by atoms with Crippen molar-refractivity contribution in [3.05, 3.63) is 22.6 Å². The van der Waals surface area contributed by atoms with Gasteiger partial charge in [-0.25, -0.2) is 0 Å². The summed E-state index contributed by atoms with van der Waals surface area (Å²) in [4.78, 5) is 2.32. The number of rotatable bonds is 6. The summed E-state index contributed by atoms with van der Waals surface area (Å²) < 4.78 is 6.28. The van der Waals surface area contributed by atoms with E-state index in [-0.39, 0.29) is 6.04 Å². The first kappa shape index (κ1) is 13.7. The van der Waals surface area contributed by atoms with Crippen molar-refractivity contribution < 1.29 is 4.42 Å². The Morgan fingerprint density at radius 1 is 1.38 bits per heavy atom. The number of hydrogen-bond donors (Lipinski definition) is 1. The largest absolute Gasteiger partial charge is 0.453 e. The van der Waals surface area contributed by atoms with E-state index in [1.807, 2.05) is 12.1 Å². The van der Waals surface area contributed by atoms with Crippen LogP contribution >= 0.6 is 15.9 Å². The normalized spacial score (nSPS) is 13.7. The van der Waals surface area contributed by atoms with Crippen molar-refractivity contribution in [1.82, 2.24) is 10.2 Å². The predicted octanol–water partition coefficient (Wildman–Crippen LogP) is 3.03. The third kappa shape index (κ3) is 4.28. The van der Waals surface area contributed by atoms with Gasteiger partial charge in [-0.1, -0.05) is 0 Å². The lowest BCUT2D eigenvalue weighted by molar-refractivity contribution is 0.267. The topological polar surface area (TPSA) is 28.4 Å². The fraction of sp³-hybridized carbons (Fsp3) is 0.667. The molecule has 1 heterocycles. The lowest BCUT2D eigenvalue weighted by atomic mass is 10.2. The molecule has 0 aliphatic heterocycles. The highest BCUT2D eigenvalue weighted by Crippen LogP contribution is 2.19. The molecule has 3 nitrogen and oxygen atoms in total. The van der Waals surface area contributed by atoms with Crippen molar-refractivity contribution in [2.45, 2.75) is 32.9 Å². The maximum atomic E-state index is 5.49. The Balaban J connectivity index is 2.28. The van der Waals surface area contributed by atoms with Crippen LogP contribution in [0.2, 0.25) is 0 Å². The Morgan fingerprint density at radius 3 is 2.56 bits per heavy atom. The molecule has 0 aliphatic carbocycles. The molecular weight excluding hydrogens is 268 g/mol. The minimum absolute atomic E-state index is 0.256. The Hall–Kier alpha value is -0.320. The van der Waals surface area contributed by atoms with Gasteiger partial charge in [0.1, 0.15) is 5.76 Å². The van der Waals surface area contributed by atoms with Crippen molar-refractivity contribution in [1.29, 1.82) is 0 Å². The van der Waals surface area contributed by atoms with Crippen LogP contribution in [0.3, 0.4) is 0 Å². The molecular formula is C12H21BrN2O. The molecule has 0 saturated carbocycles. The summed E-state index contributed by atoms with van der Waals surface area (Å²) in [6, 6.07) is 4.77. The number of likely N-dealkylation sites (N-methyl/N-ethyl adjacent to an activating group) is 1. The minimum Gasteiger partial charge on any atom is -0.453 e. The minimum atomic E-state index is 0.256. The van der Waals surface area contributed by atoms with Crippen LogP contribution in [-0.4, -0.2) is 31.1 Å². The van der Waals surface area contributed by atoms with E-state index in [1.165, 1.54) is 0 Å². The van der Waals surface area contributed by atoms with Crippen molar-refractivity contribution in [2.24, 2.45) is 0 Å². The van der Waals surface area contributed by atoms with Crippen LogP contribution in [0.1, 0.15) is 32.6 Å². The average molecular weight is 289 g/mol. The molecule has 1 unspecified atom stereocenters. The van der Waals surface area contributed by atoms with E-state index in [4.69, 9.17) is 4.42 Å². The van der Waals surface area contributed by atoms with Crippen molar-refractivity contribution in [3.8, 4) is 0 Å². The molecule has 92 valence electrons. The van der Waals surface area contributed by atoms with Crippen molar-refractivity contribution in [2.75, 3.05) is 20.1 Å². The molecule has 4 heteroatoms. The highest BCUT2D eigenvalue weighted by Gasteiger charge is 2.09. The van der Waals surface area contributed by atoms with Crippen LogP contribution in [-0.2, 0) is 0 Å². The Kier molecular flexibility index (Phi) is 5.52. The van der Waals surface area contributed by atoms with Crippen LogP contribution in [0, 0.1) is 0 Å². The average Bonchev–Trinajstić information content (AvgIpc) is 2.64. The van der Waals surface area contributed by atoms with Crippen LogP contribution in [0.15, 0.2) is 21.2 Å². The van der Waals surface area contributed by atoms with Gasteiger partial charge in [-0.15, -0.1) is 0 Å². The summed E-state index contributed by atoms with van der Waals surface area (Å²) in [5.74, 6) is 0.971. The predicted molar refractivity (Wildman–Crippen MR) is 70.6 cm³/mol. The molecule has 16 heavy (non-hydrogen) atoms. The van der Waals surface area contributed by atoms with Crippen molar-refractivity contribution >= 4 is 15.9 Å². The standard InChI is InChI=1S/C12H21BrN2O/c1-9(2)15(4)8-7-14-10(3)11-5-6-12(13)16-11/h5-6,9-10,14H,7-8H2,1-4H3. The summed E-state index contributed by atoms with van der Waals surface area (Å²) >= 11 is 3.31. The quantitative estimate of drug-likeness (QED) is 0.872. The lowest BCUT2D eigenvalue weighted by Crippen LogP contribution is -2.34. The summed E-state index contributed by atoms with van der Waals surface area (Å²) in [6.07, 6.45) is 0. The van der Waals surface area contributed by atoms with Gasteiger partial charge in [0, 0.05) is 19.1 Å². The van der Waals surface area contributed by atoms with E-state index in [2.05, 4.69) is 54.0 Å². The van der Waals surface area contributed by atoms with Crippen LogP contribution in [0.25, 0.3) is 0 Å². The number of halogens is 1. The monoisotopic (exact) mass is 288 g/mol. The smallest absolute Gasteiger partial charge is 0.169 e. The zero-order valence-electron chi connectivity index (χ0n) is 10.5. The molecule has 0 amide bonds. The maximum absolute atomic E-state index is 5.49. The van der Waals surface area contributed by atoms with Gasteiger partial charge in [-0.3, -0.25) is 0 Å². The van der Waals surface area contributed by atoms with E-state index < -0.39 is 0 Å². The molecule has 0 aromatic carbocycles. The number of hydrogen-bond acceptors (Lipinski definition) is 3. The summed E-state index contributed by atoms with van der Waals surface area (Å²) in [5, 5.41) is 3.44. The van der Waals surface area contributed by atoms with Gasteiger partial charge in [-0.2, -0.15) is 0 Å². The van der Waals surface area contributed by atoms with Crippen LogP contribution in [0.4, 0.5) is 0 Å². The number of nitrogens with one attached hydrogen (secondary N) is 1. The first-order valence-electron chi connectivity index (χ1n) is 5.69. The summed E-state index contributed by atoms with van der Waals surface area (Å²) in [5.41, 5.74) is 0. The van der Waals surface area contributed by atoms with Gasteiger partial charge in [0.25, 0.3) is 0 Å². The maximum Gasteiger partial charge on any atom is 0.169 e. The van der Waals surface area contributed by atoms with Crippen LogP contribution < -0.4 is 5.32 Å². The molecule has 1 rings (SSSR count). The third-order valence-electron chi connectivity index (χ3n) is 2.82. The molecule has 1 N–H and O–H groups in total. The molecule has 0 aliphatic rings. The van der Waals surface area contributed by atoms with Crippen LogP contribution in [0.5, 0.6) is 0 Å². The van der Waals surface area contributed by atoms with E-state index in [0.717, 1.165) is 23.5 Å². The van der Waals surface area contributed by atoms with Gasteiger partial charge < -0.3 is 14.6 Å². The highest BCUT2D eigenvalue weighted by atomic mass is 79.9. The Morgan fingerprint density at radius 2 is 2.06 bits per heavy atom. The van der Waals surface area contributed by atoms with E-state index >= 15 is 0 Å². The highest BCUT2D eigenvalue weighted by molar-refractivity contribution is 9.10. The molecule has 0 spiro atoms. The SMILES string of the molecule is CC(NCCN(C)C(C)C)c1ccc(Br)o1. The fourth-order valence-electron chi connectivity index (χ4n) is 1.38. The van der Waals surface area contributed by atoms with Gasteiger partial charge in [0.05, 0.1) is 6.04 Å². The molecule has 0 saturated heterocycles. The Labute approximate surface area is 106 Å². The van der Waals surface area contributed by atoms with E-state index in [1.54, 1.807) is 0 Å². The summed E-state index contributed by atoms with van der Waals surface area (Å²) in [6.45, 7) is 8.53. The van der Waals surface area contributed by atoms with Gasteiger partial charge in [0.2, 0.25) is 0 Å². The third-order valence-corrected chi connectivity index (χ3v) is 3.24. The van der Waals surface area contributed by atoms with Crippen molar-refractivity contribution in [3.63, 3.8) is 0 Å². The Bertz CT molecular complexity index is 312. The van der Waals surface area contributed by atoms with Gasteiger partial charge in [0.15, 0.2) is 4.67 Å².